The van der Waals surface area contributed by atoms with Crippen LogP contribution in [0.25, 0.3) is 0 Å². The van der Waals surface area contributed by atoms with Crippen LogP contribution in [0.15, 0.2) is 0 Å². The zero-order valence-electron chi connectivity index (χ0n) is 30.5. The van der Waals surface area contributed by atoms with Crippen molar-refractivity contribution in [2.24, 2.45) is 0 Å². The summed E-state index contributed by atoms with van der Waals surface area (Å²) in [6, 6.07) is 0. The molecule has 2 unspecified atom stereocenters. The standard InChI is InChI=1S/C32H60O17P2/c1-5-9-12-14-18-31(36)48-27(22-42-29(34)16-8-4)24-46-50(38,39)44-20-26(33)21-45-51(40,41)47-25-28(23-43-30(35)17-11-7-3)49-32(37)19-15-13-10-6-2/h26-28,33H,5-25H2,1-4H3,(H,38,39)(H,40,41)/t26-,27+,28+/m0/s1. The van der Waals surface area contributed by atoms with Crippen LogP contribution in [0.3, 0.4) is 0 Å². The number of rotatable bonds is 33. The second-order valence-corrected chi connectivity index (χ2v) is 14.7. The fourth-order valence-corrected chi connectivity index (χ4v) is 5.57. The van der Waals surface area contributed by atoms with Crippen LogP contribution in [0.2, 0.25) is 0 Å². The first-order valence-electron chi connectivity index (χ1n) is 17.8. The lowest BCUT2D eigenvalue weighted by Crippen LogP contribution is -2.30. The minimum atomic E-state index is -4.88. The third kappa shape index (κ3) is 29.2. The fraction of sp³-hybridized carbons (Fsp3) is 0.875. The van der Waals surface area contributed by atoms with Gasteiger partial charge in [-0.1, -0.05) is 72.6 Å². The molecular formula is C32H60O17P2. The quantitative estimate of drug-likeness (QED) is 0.0325. The molecule has 3 N–H and O–H groups in total. The van der Waals surface area contributed by atoms with E-state index >= 15 is 0 Å². The summed E-state index contributed by atoms with van der Waals surface area (Å²) in [7, 11) is -9.75. The number of aliphatic hydroxyl groups excluding tert-OH is 1. The molecule has 0 amide bonds. The number of unbranched alkanes of at least 4 members (excludes halogenated alkanes) is 7. The van der Waals surface area contributed by atoms with Crippen LogP contribution >= 0.6 is 15.6 Å². The Balaban J connectivity index is 4.98. The van der Waals surface area contributed by atoms with Crippen molar-refractivity contribution in [1.29, 1.82) is 0 Å². The van der Waals surface area contributed by atoms with E-state index in [1.165, 1.54) is 0 Å². The summed E-state index contributed by atoms with van der Waals surface area (Å²) >= 11 is 0. The zero-order chi connectivity index (χ0) is 38.5. The zero-order valence-corrected chi connectivity index (χ0v) is 32.3. The van der Waals surface area contributed by atoms with Crippen LogP contribution in [0.1, 0.15) is 124 Å². The summed E-state index contributed by atoms with van der Waals surface area (Å²) in [4.78, 5) is 68.4. The Bertz CT molecular complexity index is 1070. The van der Waals surface area contributed by atoms with Crippen molar-refractivity contribution < 1.29 is 80.2 Å². The number of aliphatic hydroxyl groups is 1. The number of hydrogen-bond acceptors (Lipinski definition) is 15. The molecule has 0 saturated heterocycles. The van der Waals surface area contributed by atoms with Gasteiger partial charge in [0.2, 0.25) is 0 Å². The van der Waals surface area contributed by atoms with Crippen molar-refractivity contribution in [2.45, 2.75) is 142 Å². The van der Waals surface area contributed by atoms with E-state index in [2.05, 4.69) is 0 Å². The second-order valence-electron chi connectivity index (χ2n) is 11.8. The molecule has 0 aliphatic rings. The monoisotopic (exact) mass is 778 g/mol. The molecule has 0 saturated carbocycles. The highest BCUT2D eigenvalue weighted by atomic mass is 31.2. The molecule has 300 valence electrons. The third-order valence-corrected chi connectivity index (χ3v) is 8.72. The van der Waals surface area contributed by atoms with Crippen molar-refractivity contribution in [3.63, 3.8) is 0 Å². The molecule has 0 heterocycles. The van der Waals surface area contributed by atoms with Crippen molar-refractivity contribution in [3.05, 3.63) is 0 Å². The van der Waals surface area contributed by atoms with Gasteiger partial charge >= 0.3 is 39.5 Å². The van der Waals surface area contributed by atoms with E-state index in [0.717, 1.165) is 44.9 Å². The summed E-state index contributed by atoms with van der Waals surface area (Å²) < 4.78 is 64.8. The van der Waals surface area contributed by atoms with Gasteiger partial charge < -0.3 is 33.8 Å². The largest absolute Gasteiger partial charge is 0.472 e. The molecule has 0 aromatic rings. The van der Waals surface area contributed by atoms with Gasteiger partial charge in [-0.2, -0.15) is 0 Å². The Kier molecular flexibility index (Phi) is 28.4. The highest BCUT2D eigenvalue weighted by Gasteiger charge is 2.30. The number of phosphoric ester groups is 2. The minimum Gasteiger partial charge on any atom is -0.462 e. The Morgan fingerprint density at radius 3 is 1.24 bits per heavy atom. The highest BCUT2D eigenvalue weighted by Crippen LogP contribution is 2.45. The number of ether oxygens (including phenoxy) is 4. The molecule has 5 atom stereocenters. The van der Waals surface area contributed by atoms with E-state index in [1.807, 2.05) is 20.8 Å². The van der Waals surface area contributed by atoms with Crippen LogP contribution in [0.5, 0.6) is 0 Å². The highest BCUT2D eigenvalue weighted by molar-refractivity contribution is 7.47. The molecule has 51 heavy (non-hydrogen) atoms. The first-order chi connectivity index (χ1) is 24.2. The van der Waals surface area contributed by atoms with Gasteiger partial charge in [0.1, 0.15) is 19.3 Å². The Morgan fingerprint density at radius 2 is 0.843 bits per heavy atom. The van der Waals surface area contributed by atoms with Gasteiger partial charge in [-0.3, -0.25) is 37.3 Å². The second kappa shape index (κ2) is 29.5. The molecule has 0 spiro atoms. The lowest BCUT2D eigenvalue weighted by atomic mass is 10.1. The summed E-state index contributed by atoms with van der Waals surface area (Å²) in [5.41, 5.74) is 0. The predicted molar refractivity (Wildman–Crippen MR) is 183 cm³/mol. The summed E-state index contributed by atoms with van der Waals surface area (Å²) in [6.07, 6.45) is 4.74. The maximum atomic E-state index is 12.5. The average Bonchev–Trinajstić information content (AvgIpc) is 3.08. The van der Waals surface area contributed by atoms with E-state index in [1.54, 1.807) is 6.92 Å². The van der Waals surface area contributed by atoms with Crippen LogP contribution < -0.4 is 0 Å². The summed E-state index contributed by atoms with van der Waals surface area (Å²) in [6.45, 7) is 3.70. The normalized spacial score (nSPS) is 15.5. The van der Waals surface area contributed by atoms with E-state index < -0.39 is 97.5 Å². The number of esters is 4. The van der Waals surface area contributed by atoms with Crippen molar-refractivity contribution in [2.75, 3.05) is 39.6 Å². The maximum absolute atomic E-state index is 12.5. The van der Waals surface area contributed by atoms with Gasteiger partial charge in [0, 0.05) is 25.7 Å². The molecular weight excluding hydrogens is 718 g/mol. The number of carbonyl (C=O) groups excluding carboxylic acids is 4. The predicted octanol–water partition coefficient (Wildman–Crippen LogP) is 5.46. The molecule has 0 rings (SSSR count). The maximum Gasteiger partial charge on any atom is 0.472 e. The molecule has 19 heteroatoms. The third-order valence-electron chi connectivity index (χ3n) is 6.82. The van der Waals surface area contributed by atoms with Crippen molar-refractivity contribution >= 4 is 39.5 Å². The molecule has 0 aliphatic carbocycles. The molecule has 0 radical (unpaired) electrons. The molecule has 0 bridgehead atoms. The summed E-state index contributed by atoms with van der Waals surface area (Å²) in [5.74, 6) is -2.31. The first-order valence-corrected chi connectivity index (χ1v) is 20.8. The SMILES string of the molecule is CCCCCCC(=O)O[C@H](COC(=O)CCC)COP(=O)(O)OC[C@H](O)COP(=O)(O)OC[C@@H](COC(=O)CCCC)OC(=O)CCCCCC. The Hall–Kier alpha value is -1.94. The Morgan fingerprint density at radius 1 is 0.471 bits per heavy atom. The fourth-order valence-electron chi connectivity index (χ4n) is 3.99. The van der Waals surface area contributed by atoms with Gasteiger partial charge in [-0.25, -0.2) is 9.13 Å². The molecule has 0 aliphatic heterocycles. The molecule has 0 aromatic carbocycles. The van der Waals surface area contributed by atoms with E-state index in [9.17, 15) is 43.2 Å². The van der Waals surface area contributed by atoms with Crippen LogP contribution in [0.4, 0.5) is 0 Å². The van der Waals surface area contributed by atoms with E-state index in [-0.39, 0.29) is 25.7 Å². The van der Waals surface area contributed by atoms with Gasteiger partial charge in [0.05, 0.1) is 26.4 Å². The lowest BCUT2D eigenvalue weighted by Gasteiger charge is -2.21. The van der Waals surface area contributed by atoms with Crippen LogP contribution in [-0.2, 0) is 65.4 Å². The number of carbonyl (C=O) groups is 4. The van der Waals surface area contributed by atoms with Crippen molar-refractivity contribution in [3.8, 4) is 0 Å². The van der Waals surface area contributed by atoms with Crippen LogP contribution in [-0.4, -0.2) is 96.7 Å². The van der Waals surface area contributed by atoms with Gasteiger partial charge in [-0.05, 0) is 25.7 Å². The molecule has 0 aromatic heterocycles. The van der Waals surface area contributed by atoms with Gasteiger partial charge in [0.15, 0.2) is 12.2 Å². The average molecular weight is 779 g/mol. The van der Waals surface area contributed by atoms with Gasteiger partial charge in [0.25, 0.3) is 0 Å². The number of hydrogen-bond donors (Lipinski definition) is 3. The lowest BCUT2D eigenvalue weighted by molar-refractivity contribution is -0.161. The molecule has 17 nitrogen and oxygen atoms in total. The molecule has 0 fully saturated rings. The number of phosphoric acid groups is 2. The Labute approximate surface area is 301 Å². The van der Waals surface area contributed by atoms with E-state index in [4.69, 9.17) is 37.0 Å². The van der Waals surface area contributed by atoms with Crippen LogP contribution in [0, 0.1) is 0 Å². The minimum absolute atomic E-state index is 0.0920. The first kappa shape index (κ1) is 49.1. The van der Waals surface area contributed by atoms with Gasteiger partial charge in [-0.15, -0.1) is 0 Å². The topological polar surface area (TPSA) is 237 Å². The summed E-state index contributed by atoms with van der Waals surface area (Å²) in [5, 5.41) is 10.1. The van der Waals surface area contributed by atoms with E-state index in [0.29, 0.717) is 25.7 Å². The van der Waals surface area contributed by atoms with Crippen molar-refractivity contribution in [1.82, 2.24) is 0 Å². The smallest absolute Gasteiger partial charge is 0.462 e.